The fourth-order valence-corrected chi connectivity index (χ4v) is 8.18. The Labute approximate surface area is 325 Å². The SMILES string of the molecule is CC(CNc1ccc2c(c1S(=O)(=O)O)Oc1c(Cl)c3c(c(Cl)c1=N2)Oc1c(ccc(Cl)c1S(=O)(=O)O)N=3)Nc1nc(F)nc(Nc2ccc([SH](=O)=O)cc2)n1. The molecule has 5 N–H and O–H groups in total. The second kappa shape index (κ2) is 14.3. The molecule has 18 nitrogen and oxygen atoms in total. The van der Waals surface area contributed by atoms with Crippen molar-refractivity contribution in [3.8, 4) is 23.0 Å². The van der Waals surface area contributed by atoms with Gasteiger partial charge in [-0.2, -0.15) is 36.2 Å². The maximum Gasteiger partial charge on any atom is 0.315 e. The van der Waals surface area contributed by atoms with Gasteiger partial charge in [0, 0.05) is 18.3 Å². The molecule has 0 saturated heterocycles. The van der Waals surface area contributed by atoms with Crippen LogP contribution >= 0.6 is 34.8 Å². The van der Waals surface area contributed by atoms with Gasteiger partial charge in [-0.25, -0.2) is 18.4 Å². The highest BCUT2D eigenvalue weighted by Crippen LogP contribution is 2.48. The van der Waals surface area contributed by atoms with Crippen LogP contribution in [-0.2, 0) is 30.9 Å². The molecule has 1 atom stereocenters. The quantitative estimate of drug-likeness (QED) is 0.0762. The molecule has 1 aromatic heterocycles. The summed E-state index contributed by atoms with van der Waals surface area (Å²) in [6.45, 7) is 1.56. The molecule has 3 heterocycles. The zero-order valence-corrected chi connectivity index (χ0v) is 31.9. The zero-order valence-electron chi connectivity index (χ0n) is 27.1. The second-order valence-corrected chi connectivity index (χ2v) is 16.4. The molecule has 7 rings (SSSR count). The number of anilines is 4. The van der Waals surface area contributed by atoms with Gasteiger partial charge in [0.1, 0.15) is 32.1 Å². The van der Waals surface area contributed by atoms with Crippen molar-refractivity contribution in [1.82, 2.24) is 15.0 Å². The minimum atomic E-state index is -5.05. The Kier molecular flexibility index (Phi) is 9.96. The van der Waals surface area contributed by atoms with E-state index in [4.69, 9.17) is 44.3 Å². The average Bonchev–Trinajstić information content (AvgIpc) is 3.10. The Hall–Kier alpha value is -4.94. The van der Waals surface area contributed by atoms with Crippen molar-refractivity contribution >= 4 is 100 Å². The molecule has 0 bridgehead atoms. The molecule has 1 unspecified atom stereocenters. The van der Waals surface area contributed by atoms with Crippen LogP contribution < -0.4 is 36.1 Å². The number of hydrogen-bond donors (Lipinski definition) is 6. The number of aromatic nitrogens is 3. The minimum Gasteiger partial charge on any atom is -0.450 e. The van der Waals surface area contributed by atoms with Crippen LogP contribution in [-0.4, -0.2) is 61.9 Å². The van der Waals surface area contributed by atoms with Gasteiger partial charge in [0.15, 0.2) is 43.5 Å². The maximum absolute atomic E-state index is 14.3. The van der Waals surface area contributed by atoms with Crippen molar-refractivity contribution in [3.63, 3.8) is 0 Å². The van der Waals surface area contributed by atoms with Gasteiger partial charge in [-0.1, -0.05) is 34.8 Å². The first-order valence-electron chi connectivity index (χ1n) is 15.1. The van der Waals surface area contributed by atoms with E-state index in [9.17, 15) is 38.7 Å². The smallest absolute Gasteiger partial charge is 0.315 e. The summed E-state index contributed by atoms with van der Waals surface area (Å²) in [7, 11) is -12.7. The molecule has 0 aliphatic carbocycles. The molecular formula is C30H20Cl3FN8O10S3. The molecule has 2 aliphatic rings. The first-order valence-corrected chi connectivity index (χ1v) is 20.3. The van der Waals surface area contributed by atoms with Crippen molar-refractivity contribution in [2.75, 3.05) is 22.5 Å². The van der Waals surface area contributed by atoms with E-state index in [0.29, 0.717) is 5.69 Å². The molecule has 2 aliphatic heterocycles. The molecule has 286 valence electrons. The number of hydrogen-bond acceptors (Lipinski definition) is 16. The highest BCUT2D eigenvalue weighted by Gasteiger charge is 2.34. The van der Waals surface area contributed by atoms with Crippen molar-refractivity contribution in [3.05, 3.63) is 80.4 Å². The van der Waals surface area contributed by atoms with Gasteiger partial charge in [-0.3, -0.25) is 9.11 Å². The van der Waals surface area contributed by atoms with Crippen molar-refractivity contribution in [2.45, 2.75) is 27.7 Å². The summed E-state index contributed by atoms with van der Waals surface area (Å²) in [6.07, 6.45) is -1.14. The van der Waals surface area contributed by atoms with Gasteiger partial charge in [0.2, 0.25) is 11.9 Å². The third-order valence-electron chi connectivity index (χ3n) is 7.68. The van der Waals surface area contributed by atoms with E-state index in [1.165, 1.54) is 42.5 Å². The lowest BCUT2D eigenvalue weighted by atomic mass is 10.2. The summed E-state index contributed by atoms with van der Waals surface area (Å²) < 4.78 is 118. The molecule has 5 aromatic rings. The number of ether oxygens (including phenoxy) is 2. The summed E-state index contributed by atoms with van der Waals surface area (Å²) in [4.78, 5) is 18.6. The van der Waals surface area contributed by atoms with Crippen LogP contribution in [0, 0.1) is 6.08 Å². The second-order valence-electron chi connectivity index (χ2n) is 11.5. The van der Waals surface area contributed by atoms with Crippen molar-refractivity contribution in [1.29, 1.82) is 0 Å². The molecule has 25 heteroatoms. The van der Waals surface area contributed by atoms with E-state index in [0.717, 1.165) is 6.07 Å². The summed E-state index contributed by atoms with van der Waals surface area (Å²) in [5, 5.41) is 7.20. The van der Waals surface area contributed by atoms with Gasteiger partial charge in [-0.05, 0) is 55.5 Å². The predicted molar refractivity (Wildman–Crippen MR) is 195 cm³/mol. The summed E-state index contributed by atoms with van der Waals surface area (Å²) in [6, 6.07) is 9.98. The Morgan fingerprint density at radius 1 is 0.764 bits per heavy atom. The number of thiol groups is 1. The average molecular weight is 874 g/mol. The predicted octanol–water partition coefficient (Wildman–Crippen LogP) is 5.20. The number of nitrogens with one attached hydrogen (secondary N) is 3. The molecule has 0 amide bonds. The fourth-order valence-electron chi connectivity index (χ4n) is 5.34. The monoisotopic (exact) mass is 872 g/mol. The van der Waals surface area contributed by atoms with E-state index in [1.54, 1.807) is 6.92 Å². The third kappa shape index (κ3) is 7.54. The molecular weight excluding hydrogens is 854 g/mol. The van der Waals surface area contributed by atoms with E-state index in [-0.39, 0.29) is 77.7 Å². The first-order chi connectivity index (χ1) is 25.9. The zero-order chi connectivity index (χ0) is 39.6. The van der Waals surface area contributed by atoms with Crippen LogP contribution in [0.25, 0.3) is 0 Å². The fraction of sp³-hybridized carbons (Fsp3) is 0.100. The third-order valence-corrected chi connectivity index (χ3v) is 11.4. The molecule has 0 fully saturated rings. The van der Waals surface area contributed by atoms with Gasteiger partial charge in [-0.15, -0.1) is 0 Å². The topological polar surface area (TPSA) is 261 Å². The van der Waals surface area contributed by atoms with E-state index < -0.39 is 64.4 Å². The minimum absolute atomic E-state index is 0.0643. The first kappa shape index (κ1) is 38.3. The van der Waals surface area contributed by atoms with Crippen LogP contribution in [0.15, 0.2) is 73.2 Å². The van der Waals surface area contributed by atoms with Gasteiger partial charge < -0.3 is 25.4 Å². The lowest BCUT2D eigenvalue weighted by molar-refractivity contribution is 0.428. The Balaban J connectivity index is 1.17. The van der Waals surface area contributed by atoms with Crippen LogP contribution in [0.2, 0.25) is 15.1 Å². The van der Waals surface area contributed by atoms with Crippen LogP contribution in [0.1, 0.15) is 6.92 Å². The highest BCUT2D eigenvalue weighted by atomic mass is 35.5. The Morgan fingerprint density at radius 2 is 1.31 bits per heavy atom. The number of rotatable bonds is 10. The lowest BCUT2D eigenvalue weighted by Gasteiger charge is -2.24. The number of fused-ring (bicyclic) bond motifs is 4. The Bertz CT molecular complexity index is 2900. The molecule has 55 heavy (non-hydrogen) atoms. The van der Waals surface area contributed by atoms with E-state index >= 15 is 0 Å². The summed E-state index contributed by atoms with van der Waals surface area (Å²) in [5.41, 5.74) is -0.00777. The highest BCUT2D eigenvalue weighted by molar-refractivity contribution is 7.86. The molecule has 0 saturated carbocycles. The van der Waals surface area contributed by atoms with Gasteiger partial charge in [0.05, 0.1) is 15.6 Å². The summed E-state index contributed by atoms with van der Waals surface area (Å²) in [5.74, 6) is -1.84. The largest absolute Gasteiger partial charge is 0.450 e. The van der Waals surface area contributed by atoms with E-state index in [1.807, 2.05) is 0 Å². The van der Waals surface area contributed by atoms with E-state index in [2.05, 4.69) is 40.9 Å². The van der Waals surface area contributed by atoms with Crippen LogP contribution in [0.3, 0.4) is 0 Å². The number of nitrogens with zero attached hydrogens (tertiary/aromatic N) is 5. The van der Waals surface area contributed by atoms with Gasteiger partial charge >= 0.3 is 6.08 Å². The standard InChI is InChI=1S/C30H20Cl3FN8O10S3/c1-11(36-29-40-28(34)41-30(42-29)37-12-2-4-13(5-3-12)53(43)44)10-35-17-9-8-16-23(27(17)55(48,49)50)52-25-19(33)20-24(18(32)21(25)39-16)51-22-15(38-20)7-6-14(31)26(22)54(45,46)47/h2-9,11,35,53H,10H2,1H3,(H,45,46,47)(H,48,49,50)(H2,36,37,40,41,42). The van der Waals surface area contributed by atoms with Gasteiger partial charge in [0.25, 0.3) is 20.2 Å². The normalized spacial score (nSPS) is 13.5. The van der Waals surface area contributed by atoms with Crippen LogP contribution in [0.4, 0.5) is 39.0 Å². The molecule has 4 aromatic carbocycles. The lowest BCUT2D eigenvalue weighted by Crippen LogP contribution is -2.27. The van der Waals surface area contributed by atoms with Crippen molar-refractivity contribution < 1.29 is 48.2 Å². The maximum atomic E-state index is 14.3. The van der Waals surface area contributed by atoms with Crippen molar-refractivity contribution in [2.24, 2.45) is 9.98 Å². The number of halogens is 4. The Morgan fingerprint density at radius 3 is 1.87 bits per heavy atom. The number of benzene rings is 4. The summed E-state index contributed by atoms with van der Waals surface area (Å²) >= 11 is 19.3. The molecule has 0 spiro atoms. The van der Waals surface area contributed by atoms with Crippen LogP contribution in [0.5, 0.6) is 23.0 Å². The molecule has 0 radical (unpaired) electrons.